The van der Waals surface area contributed by atoms with E-state index in [2.05, 4.69) is 4.98 Å². The van der Waals surface area contributed by atoms with E-state index in [1.165, 1.54) is 0 Å². The summed E-state index contributed by atoms with van der Waals surface area (Å²) in [7, 11) is 3.21. The van der Waals surface area contributed by atoms with Gasteiger partial charge in [-0.1, -0.05) is 0 Å². The Balaban J connectivity index is 2.08. The molecule has 0 aliphatic heterocycles. The van der Waals surface area contributed by atoms with Crippen LogP contribution in [0.3, 0.4) is 0 Å². The fourth-order valence-electron chi connectivity index (χ4n) is 1.85. The Hall–Kier alpha value is -2.43. The summed E-state index contributed by atoms with van der Waals surface area (Å²) < 4.78 is 16.0. The van der Waals surface area contributed by atoms with Crippen LogP contribution in [0.2, 0.25) is 0 Å². The van der Waals surface area contributed by atoms with E-state index in [-0.39, 0.29) is 0 Å². The molecule has 0 saturated heterocycles. The second-order valence-electron chi connectivity index (χ2n) is 4.33. The van der Waals surface area contributed by atoms with Crippen LogP contribution in [0.1, 0.15) is 11.4 Å². The van der Waals surface area contributed by atoms with E-state index in [1.807, 2.05) is 25.1 Å². The Kier molecular flexibility index (Phi) is 4.30. The molecular formula is C15H18N2O3. The summed E-state index contributed by atoms with van der Waals surface area (Å²) in [6.45, 7) is 2.27. The summed E-state index contributed by atoms with van der Waals surface area (Å²) >= 11 is 0. The van der Waals surface area contributed by atoms with Crippen molar-refractivity contribution in [3.63, 3.8) is 0 Å². The molecule has 5 nitrogen and oxygen atoms in total. The lowest BCUT2D eigenvalue weighted by molar-refractivity contribution is 0.299. The summed E-state index contributed by atoms with van der Waals surface area (Å²) in [5.74, 6) is 2.07. The van der Waals surface area contributed by atoms with E-state index >= 15 is 0 Å². The minimum Gasteiger partial charge on any atom is -0.497 e. The number of anilines is 1. The van der Waals surface area contributed by atoms with Gasteiger partial charge in [0.25, 0.3) is 0 Å². The lowest BCUT2D eigenvalue weighted by Crippen LogP contribution is -2.01. The normalized spacial score (nSPS) is 10.2. The smallest absolute Gasteiger partial charge is 0.142 e. The molecule has 0 aliphatic carbocycles. The Morgan fingerprint density at radius 1 is 1.05 bits per heavy atom. The van der Waals surface area contributed by atoms with Gasteiger partial charge in [0, 0.05) is 23.9 Å². The molecule has 0 unspecified atom stereocenters. The van der Waals surface area contributed by atoms with Crippen molar-refractivity contribution >= 4 is 5.69 Å². The van der Waals surface area contributed by atoms with Crippen LogP contribution in [0.25, 0.3) is 0 Å². The maximum atomic E-state index is 5.83. The maximum Gasteiger partial charge on any atom is 0.142 e. The molecule has 20 heavy (non-hydrogen) atoms. The molecule has 0 aliphatic rings. The van der Waals surface area contributed by atoms with Crippen LogP contribution in [-0.2, 0) is 6.61 Å². The molecule has 0 atom stereocenters. The molecule has 1 aromatic heterocycles. The van der Waals surface area contributed by atoms with Crippen molar-refractivity contribution in [1.29, 1.82) is 0 Å². The molecule has 106 valence electrons. The SMILES string of the molecule is COc1cc(C)nc(COc2ccc(OC)c(N)c2)c1. The summed E-state index contributed by atoms with van der Waals surface area (Å²) in [6, 6.07) is 9.03. The number of benzene rings is 1. The first-order chi connectivity index (χ1) is 9.62. The summed E-state index contributed by atoms with van der Waals surface area (Å²) in [4.78, 5) is 4.39. The highest BCUT2D eigenvalue weighted by molar-refractivity contribution is 5.56. The van der Waals surface area contributed by atoms with E-state index in [0.29, 0.717) is 23.8 Å². The first-order valence-electron chi connectivity index (χ1n) is 6.20. The van der Waals surface area contributed by atoms with Crippen LogP contribution in [0.4, 0.5) is 5.69 Å². The highest BCUT2D eigenvalue weighted by atomic mass is 16.5. The molecule has 0 radical (unpaired) electrons. The Morgan fingerprint density at radius 3 is 2.50 bits per heavy atom. The molecule has 0 saturated carbocycles. The molecule has 0 bridgehead atoms. The van der Waals surface area contributed by atoms with Gasteiger partial charge >= 0.3 is 0 Å². The van der Waals surface area contributed by atoms with Gasteiger partial charge in [-0.05, 0) is 19.1 Å². The van der Waals surface area contributed by atoms with Gasteiger partial charge in [-0.3, -0.25) is 4.98 Å². The monoisotopic (exact) mass is 274 g/mol. The number of nitrogen functional groups attached to an aromatic ring is 1. The van der Waals surface area contributed by atoms with Crippen molar-refractivity contribution < 1.29 is 14.2 Å². The molecule has 2 aromatic rings. The zero-order chi connectivity index (χ0) is 14.5. The standard InChI is InChI=1S/C15H18N2O3/c1-10-6-13(18-2)7-11(17-10)9-20-12-4-5-15(19-3)14(16)8-12/h4-8H,9,16H2,1-3H3. The van der Waals surface area contributed by atoms with E-state index in [0.717, 1.165) is 17.1 Å². The van der Waals surface area contributed by atoms with E-state index < -0.39 is 0 Å². The predicted molar refractivity (Wildman–Crippen MR) is 77.3 cm³/mol. The van der Waals surface area contributed by atoms with Crippen LogP contribution in [0.15, 0.2) is 30.3 Å². The zero-order valence-electron chi connectivity index (χ0n) is 11.8. The number of methoxy groups -OCH3 is 2. The number of rotatable bonds is 5. The molecule has 0 amide bonds. The number of ether oxygens (including phenoxy) is 3. The molecule has 1 aromatic carbocycles. The minimum atomic E-state index is 0.351. The highest BCUT2D eigenvalue weighted by Crippen LogP contribution is 2.26. The van der Waals surface area contributed by atoms with Gasteiger partial charge in [0.2, 0.25) is 0 Å². The lowest BCUT2D eigenvalue weighted by atomic mass is 10.2. The van der Waals surface area contributed by atoms with Crippen molar-refractivity contribution in [3.05, 3.63) is 41.7 Å². The molecule has 0 fully saturated rings. The third kappa shape index (κ3) is 3.32. The van der Waals surface area contributed by atoms with Crippen molar-refractivity contribution in [2.75, 3.05) is 20.0 Å². The van der Waals surface area contributed by atoms with Gasteiger partial charge in [0.15, 0.2) is 0 Å². The minimum absolute atomic E-state index is 0.351. The molecule has 5 heteroatoms. The average molecular weight is 274 g/mol. The highest BCUT2D eigenvalue weighted by Gasteiger charge is 2.04. The number of nitrogens with zero attached hydrogens (tertiary/aromatic N) is 1. The molecular weight excluding hydrogens is 256 g/mol. The van der Waals surface area contributed by atoms with Crippen LogP contribution in [0.5, 0.6) is 17.2 Å². The molecule has 2 rings (SSSR count). The van der Waals surface area contributed by atoms with E-state index in [1.54, 1.807) is 26.4 Å². The van der Waals surface area contributed by atoms with Crippen molar-refractivity contribution in [2.24, 2.45) is 0 Å². The Bertz CT molecular complexity index is 600. The van der Waals surface area contributed by atoms with Gasteiger partial charge in [-0.15, -0.1) is 0 Å². The van der Waals surface area contributed by atoms with Gasteiger partial charge in [-0.25, -0.2) is 0 Å². The average Bonchev–Trinajstić information content (AvgIpc) is 2.44. The van der Waals surface area contributed by atoms with Crippen molar-refractivity contribution in [3.8, 4) is 17.2 Å². The maximum absolute atomic E-state index is 5.83. The number of aromatic nitrogens is 1. The topological polar surface area (TPSA) is 66.6 Å². The molecule has 0 spiro atoms. The van der Waals surface area contributed by atoms with Gasteiger partial charge in [-0.2, -0.15) is 0 Å². The number of aryl methyl sites for hydroxylation is 1. The third-order valence-electron chi connectivity index (χ3n) is 2.80. The lowest BCUT2D eigenvalue weighted by Gasteiger charge is -2.10. The summed E-state index contributed by atoms with van der Waals surface area (Å²) in [5, 5.41) is 0. The fraction of sp³-hybridized carbons (Fsp3) is 0.267. The van der Waals surface area contributed by atoms with Gasteiger partial charge in [0.05, 0.1) is 25.6 Å². The van der Waals surface area contributed by atoms with Crippen LogP contribution in [0, 0.1) is 6.92 Å². The first kappa shape index (κ1) is 14.0. The zero-order valence-corrected chi connectivity index (χ0v) is 11.8. The number of pyridine rings is 1. The number of nitrogens with two attached hydrogens (primary N) is 1. The number of hydrogen-bond acceptors (Lipinski definition) is 5. The summed E-state index contributed by atoms with van der Waals surface area (Å²) in [5.41, 5.74) is 8.06. The fourth-order valence-corrected chi connectivity index (χ4v) is 1.85. The largest absolute Gasteiger partial charge is 0.497 e. The van der Waals surface area contributed by atoms with Gasteiger partial charge in [0.1, 0.15) is 23.9 Å². The predicted octanol–water partition coefficient (Wildman–Crippen LogP) is 2.57. The van der Waals surface area contributed by atoms with E-state index in [4.69, 9.17) is 19.9 Å². The Morgan fingerprint density at radius 2 is 1.85 bits per heavy atom. The van der Waals surface area contributed by atoms with E-state index in [9.17, 15) is 0 Å². The summed E-state index contributed by atoms with van der Waals surface area (Å²) in [6.07, 6.45) is 0. The third-order valence-corrected chi connectivity index (χ3v) is 2.80. The van der Waals surface area contributed by atoms with Gasteiger partial charge < -0.3 is 19.9 Å². The second kappa shape index (κ2) is 6.14. The first-order valence-corrected chi connectivity index (χ1v) is 6.20. The molecule has 1 heterocycles. The Labute approximate surface area is 118 Å². The quantitative estimate of drug-likeness (QED) is 0.849. The van der Waals surface area contributed by atoms with Crippen LogP contribution in [-0.4, -0.2) is 19.2 Å². The second-order valence-corrected chi connectivity index (χ2v) is 4.33. The molecule has 2 N–H and O–H groups in total. The van der Waals surface area contributed by atoms with Crippen LogP contribution >= 0.6 is 0 Å². The van der Waals surface area contributed by atoms with Crippen molar-refractivity contribution in [1.82, 2.24) is 4.98 Å². The van der Waals surface area contributed by atoms with Crippen molar-refractivity contribution in [2.45, 2.75) is 13.5 Å². The van der Waals surface area contributed by atoms with Crippen LogP contribution < -0.4 is 19.9 Å². The number of hydrogen-bond donors (Lipinski definition) is 1.